The first-order valence-electron chi connectivity index (χ1n) is 13.0. The molecule has 0 spiro atoms. The zero-order valence-electron chi connectivity index (χ0n) is 21.3. The van der Waals surface area contributed by atoms with Crippen molar-refractivity contribution in [1.82, 2.24) is 24.9 Å². The first-order valence-corrected chi connectivity index (χ1v) is 14.1. The van der Waals surface area contributed by atoms with Gasteiger partial charge in [-0.2, -0.15) is 11.8 Å². The lowest BCUT2D eigenvalue weighted by Crippen LogP contribution is -2.32. The lowest BCUT2D eigenvalue weighted by molar-refractivity contribution is 0.291. The molecule has 1 aliphatic rings. The van der Waals surface area contributed by atoms with Crippen molar-refractivity contribution < 1.29 is 13.5 Å². The van der Waals surface area contributed by atoms with E-state index in [2.05, 4.69) is 38.5 Å². The number of nitrogens with zero attached hydrogens (tertiary/aromatic N) is 5. The molecule has 2 aromatic heterocycles. The normalized spacial score (nSPS) is 14.3. The van der Waals surface area contributed by atoms with Crippen LogP contribution in [0.4, 0.5) is 4.39 Å². The molecule has 2 aromatic carbocycles. The van der Waals surface area contributed by atoms with E-state index in [4.69, 9.17) is 9.15 Å². The fourth-order valence-corrected chi connectivity index (χ4v) is 5.21. The molecule has 0 aliphatic carbocycles. The number of hydrogen-bond donors (Lipinski definition) is 0. The van der Waals surface area contributed by atoms with Crippen LogP contribution in [0.25, 0.3) is 12.2 Å². The zero-order chi connectivity index (χ0) is 26.0. The molecule has 0 unspecified atom stereocenters. The highest BCUT2D eigenvalue weighted by Gasteiger charge is 2.12. The molecular weight excluding hydrogens is 501 g/mol. The molecular formula is C29H32FN5O2S. The van der Waals surface area contributed by atoms with E-state index in [0.717, 1.165) is 62.4 Å². The number of benzene rings is 2. The topological polar surface area (TPSA) is 69.2 Å². The summed E-state index contributed by atoms with van der Waals surface area (Å²) < 4.78 is 26.3. The molecule has 7 nitrogen and oxygen atoms in total. The summed E-state index contributed by atoms with van der Waals surface area (Å²) in [7, 11) is 0. The maximum atomic E-state index is 13.0. The molecule has 1 fully saturated rings. The molecule has 198 valence electrons. The van der Waals surface area contributed by atoms with Gasteiger partial charge in [-0.3, -0.25) is 9.58 Å². The maximum Gasteiger partial charge on any atom is 0.218 e. The fraction of sp³-hybridized carbons (Fsp3) is 0.345. The van der Waals surface area contributed by atoms with Crippen LogP contribution in [0.15, 0.2) is 65.4 Å². The van der Waals surface area contributed by atoms with Gasteiger partial charge in [-0.1, -0.05) is 29.5 Å². The fourth-order valence-electron chi connectivity index (χ4n) is 4.23. The van der Waals surface area contributed by atoms with E-state index in [-0.39, 0.29) is 5.82 Å². The van der Waals surface area contributed by atoms with Gasteiger partial charge in [0.2, 0.25) is 5.89 Å². The molecule has 0 amide bonds. The van der Waals surface area contributed by atoms with Crippen LogP contribution in [0, 0.1) is 5.82 Å². The van der Waals surface area contributed by atoms with E-state index in [9.17, 15) is 4.39 Å². The summed E-state index contributed by atoms with van der Waals surface area (Å²) in [6, 6.07) is 14.4. The second-order valence-corrected chi connectivity index (χ2v) is 10.5. The Balaban J connectivity index is 0.998. The van der Waals surface area contributed by atoms with Crippen LogP contribution in [-0.2, 0) is 26.1 Å². The van der Waals surface area contributed by atoms with Gasteiger partial charge in [0, 0.05) is 50.0 Å². The Bertz CT molecular complexity index is 1300. The Morgan fingerprint density at radius 3 is 2.61 bits per heavy atom. The Hall–Kier alpha value is -3.43. The first-order chi connectivity index (χ1) is 18.7. The SMILES string of the molecule is Fc1ccc(/C=C/c2nc(COc3ccc(CCCCn4cc(CN5CCSCC5)nn4)cc3)co2)cc1. The number of oxazole rings is 1. The third kappa shape index (κ3) is 8.03. The highest BCUT2D eigenvalue weighted by molar-refractivity contribution is 7.99. The highest BCUT2D eigenvalue weighted by atomic mass is 32.2. The largest absolute Gasteiger partial charge is 0.487 e. The minimum atomic E-state index is -0.259. The molecule has 4 aromatic rings. The molecule has 1 saturated heterocycles. The Morgan fingerprint density at radius 1 is 0.974 bits per heavy atom. The van der Waals surface area contributed by atoms with Crippen molar-refractivity contribution in [2.75, 3.05) is 24.6 Å². The van der Waals surface area contributed by atoms with Crippen molar-refractivity contribution in [3.05, 3.63) is 95.2 Å². The summed E-state index contributed by atoms with van der Waals surface area (Å²) in [5.74, 6) is 3.44. The van der Waals surface area contributed by atoms with Gasteiger partial charge in [0.1, 0.15) is 30.1 Å². The van der Waals surface area contributed by atoms with Crippen molar-refractivity contribution >= 4 is 23.9 Å². The van der Waals surface area contributed by atoms with Gasteiger partial charge in [0.05, 0.1) is 5.69 Å². The zero-order valence-corrected chi connectivity index (χ0v) is 22.2. The highest BCUT2D eigenvalue weighted by Crippen LogP contribution is 2.17. The second-order valence-electron chi connectivity index (χ2n) is 9.31. The van der Waals surface area contributed by atoms with Gasteiger partial charge in [0.15, 0.2) is 0 Å². The monoisotopic (exact) mass is 533 g/mol. The van der Waals surface area contributed by atoms with Crippen molar-refractivity contribution in [3.63, 3.8) is 0 Å². The second kappa shape index (κ2) is 13.4. The third-order valence-electron chi connectivity index (χ3n) is 6.35. The molecule has 3 heterocycles. The summed E-state index contributed by atoms with van der Waals surface area (Å²) in [4.78, 5) is 6.87. The smallest absolute Gasteiger partial charge is 0.218 e. The number of ether oxygens (including phenoxy) is 1. The van der Waals surface area contributed by atoms with E-state index >= 15 is 0 Å². The van der Waals surface area contributed by atoms with Crippen LogP contribution in [0.2, 0.25) is 0 Å². The predicted molar refractivity (Wildman–Crippen MR) is 148 cm³/mol. The van der Waals surface area contributed by atoms with Gasteiger partial charge in [-0.05, 0) is 60.7 Å². The van der Waals surface area contributed by atoms with Crippen LogP contribution in [-0.4, -0.2) is 49.5 Å². The molecule has 9 heteroatoms. The van der Waals surface area contributed by atoms with E-state index in [0.29, 0.717) is 18.2 Å². The van der Waals surface area contributed by atoms with E-state index in [1.165, 1.54) is 29.2 Å². The molecule has 0 bridgehead atoms. The third-order valence-corrected chi connectivity index (χ3v) is 7.29. The summed E-state index contributed by atoms with van der Waals surface area (Å²) in [6.45, 7) is 4.40. The number of aryl methyl sites for hydroxylation is 2. The average molecular weight is 534 g/mol. The van der Waals surface area contributed by atoms with Crippen LogP contribution < -0.4 is 4.74 Å². The van der Waals surface area contributed by atoms with Crippen molar-refractivity contribution in [2.24, 2.45) is 0 Å². The summed E-state index contributed by atoms with van der Waals surface area (Å²) >= 11 is 2.02. The predicted octanol–water partition coefficient (Wildman–Crippen LogP) is 5.73. The lowest BCUT2D eigenvalue weighted by Gasteiger charge is -2.24. The van der Waals surface area contributed by atoms with Crippen LogP contribution in [0.1, 0.15) is 41.2 Å². The lowest BCUT2D eigenvalue weighted by atomic mass is 10.1. The van der Waals surface area contributed by atoms with Crippen molar-refractivity contribution in [1.29, 1.82) is 0 Å². The summed E-state index contributed by atoms with van der Waals surface area (Å²) in [5.41, 5.74) is 3.93. The van der Waals surface area contributed by atoms with E-state index in [1.807, 2.05) is 34.7 Å². The molecule has 0 atom stereocenters. The minimum absolute atomic E-state index is 0.259. The maximum absolute atomic E-state index is 13.0. The Kier molecular flexibility index (Phi) is 9.23. The molecule has 1 aliphatic heterocycles. The Labute approximate surface area is 226 Å². The molecule has 0 N–H and O–H groups in total. The molecule has 0 radical (unpaired) electrons. The van der Waals surface area contributed by atoms with E-state index in [1.54, 1.807) is 24.5 Å². The van der Waals surface area contributed by atoms with E-state index < -0.39 is 0 Å². The minimum Gasteiger partial charge on any atom is -0.487 e. The molecule has 38 heavy (non-hydrogen) atoms. The number of halogens is 1. The Morgan fingerprint density at radius 2 is 1.79 bits per heavy atom. The van der Waals surface area contributed by atoms with Gasteiger partial charge in [0.25, 0.3) is 0 Å². The van der Waals surface area contributed by atoms with Crippen molar-refractivity contribution in [3.8, 4) is 5.75 Å². The quantitative estimate of drug-likeness (QED) is 0.216. The number of thioether (sulfide) groups is 1. The molecule has 5 rings (SSSR count). The summed E-state index contributed by atoms with van der Waals surface area (Å²) in [5, 5.41) is 8.65. The number of rotatable bonds is 12. The first kappa shape index (κ1) is 26.2. The summed E-state index contributed by atoms with van der Waals surface area (Å²) in [6.07, 6.45) is 10.4. The van der Waals surface area contributed by atoms with Crippen LogP contribution >= 0.6 is 11.8 Å². The van der Waals surface area contributed by atoms with Gasteiger partial charge >= 0.3 is 0 Å². The number of aromatic nitrogens is 4. The van der Waals surface area contributed by atoms with Crippen molar-refractivity contribution in [2.45, 2.75) is 39.0 Å². The van der Waals surface area contributed by atoms with Gasteiger partial charge in [-0.25, -0.2) is 9.37 Å². The van der Waals surface area contributed by atoms with Crippen LogP contribution in [0.3, 0.4) is 0 Å². The van der Waals surface area contributed by atoms with Gasteiger partial charge in [-0.15, -0.1) is 5.10 Å². The average Bonchev–Trinajstić information content (AvgIpc) is 3.60. The molecule has 0 saturated carbocycles. The van der Waals surface area contributed by atoms with Gasteiger partial charge < -0.3 is 9.15 Å². The number of hydrogen-bond acceptors (Lipinski definition) is 7. The number of unbranched alkanes of at least 4 members (excludes halogenated alkanes) is 1. The van der Waals surface area contributed by atoms with Crippen LogP contribution in [0.5, 0.6) is 5.75 Å². The standard InChI is InChI=1S/C29H32FN5O2S/c30-25-9-4-24(5-10-25)8-13-29-31-27(22-37-29)21-36-28-11-6-23(7-12-28)3-1-2-14-35-20-26(32-33-35)19-34-15-17-38-18-16-34/h4-13,20,22H,1-3,14-19,21H2/b13-8+.